The summed E-state index contributed by atoms with van der Waals surface area (Å²) in [7, 11) is -4.10. The van der Waals surface area contributed by atoms with Gasteiger partial charge in [-0.25, -0.2) is 17.2 Å². The summed E-state index contributed by atoms with van der Waals surface area (Å²) in [5, 5.41) is 0. The predicted octanol–water partition coefficient (Wildman–Crippen LogP) is 3.84. The van der Waals surface area contributed by atoms with Crippen molar-refractivity contribution >= 4 is 31.6 Å². The molecule has 0 radical (unpaired) electrons. The molecule has 3 nitrogen and oxygen atoms in total. The molecule has 2 aromatic carbocycles. The minimum absolute atomic E-state index is 0.330. The Labute approximate surface area is 123 Å². The molecule has 1 N–H and O–H groups in total. The highest BCUT2D eigenvalue weighted by Gasteiger charge is 2.20. The normalized spacial score (nSPS) is 11.4. The van der Waals surface area contributed by atoms with E-state index in [0.29, 0.717) is 17.3 Å². The second-order valence-corrected chi connectivity index (χ2v) is 6.71. The minimum atomic E-state index is -4.10. The standard InChI is InChI=1S/C13H10BrF2NO2S/c1-8-6-9(14)2-4-12(8)17-20(18,19)13-5-3-10(15)7-11(13)16/h2-7,17H,1H3. The third kappa shape index (κ3) is 3.16. The molecule has 0 bridgehead atoms. The maximum atomic E-state index is 13.5. The van der Waals surface area contributed by atoms with Crippen molar-refractivity contribution in [2.24, 2.45) is 0 Å². The summed E-state index contributed by atoms with van der Waals surface area (Å²) in [5.74, 6) is -1.96. The topological polar surface area (TPSA) is 46.2 Å². The fourth-order valence-electron chi connectivity index (χ4n) is 1.63. The van der Waals surface area contributed by atoms with E-state index in [1.165, 1.54) is 0 Å². The second-order valence-electron chi connectivity index (χ2n) is 4.14. The monoisotopic (exact) mass is 361 g/mol. The van der Waals surface area contributed by atoms with Crippen LogP contribution in [-0.4, -0.2) is 8.42 Å². The number of rotatable bonds is 3. The highest BCUT2D eigenvalue weighted by atomic mass is 79.9. The molecule has 0 aliphatic carbocycles. The maximum Gasteiger partial charge on any atom is 0.264 e. The van der Waals surface area contributed by atoms with Gasteiger partial charge in [0, 0.05) is 10.5 Å². The quantitative estimate of drug-likeness (QED) is 0.902. The van der Waals surface area contributed by atoms with Crippen LogP contribution in [0.25, 0.3) is 0 Å². The largest absolute Gasteiger partial charge is 0.279 e. The number of benzene rings is 2. The Morgan fingerprint density at radius 1 is 1.10 bits per heavy atom. The van der Waals surface area contributed by atoms with Crippen molar-refractivity contribution in [2.75, 3.05) is 4.72 Å². The zero-order chi connectivity index (χ0) is 14.9. The Balaban J connectivity index is 2.41. The maximum absolute atomic E-state index is 13.5. The molecule has 0 saturated heterocycles. The van der Waals surface area contributed by atoms with E-state index in [4.69, 9.17) is 0 Å². The van der Waals surface area contributed by atoms with E-state index in [2.05, 4.69) is 20.7 Å². The molecule has 0 spiro atoms. The molecule has 0 saturated carbocycles. The summed E-state index contributed by atoms with van der Waals surface area (Å²) in [6.07, 6.45) is 0. The fourth-order valence-corrected chi connectivity index (χ4v) is 3.30. The van der Waals surface area contributed by atoms with Gasteiger partial charge in [-0.3, -0.25) is 4.72 Å². The number of aryl methyl sites for hydroxylation is 1. The number of nitrogens with one attached hydrogen (secondary N) is 1. The van der Waals surface area contributed by atoms with Crippen LogP contribution in [0.3, 0.4) is 0 Å². The minimum Gasteiger partial charge on any atom is -0.279 e. The van der Waals surface area contributed by atoms with Crippen molar-refractivity contribution in [2.45, 2.75) is 11.8 Å². The van der Waals surface area contributed by atoms with Gasteiger partial charge in [0.15, 0.2) is 0 Å². The van der Waals surface area contributed by atoms with Gasteiger partial charge in [-0.05, 0) is 42.8 Å². The number of anilines is 1. The molecule has 106 valence electrons. The first-order valence-electron chi connectivity index (χ1n) is 5.53. The lowest BCUT2D eigenvalue weighted by atomic mass is 10.2. The third-order valence-corrected chi connectivity index (χ3v) is 4.51. The van der Waals surface area contributed by atoms with Crippen molar-refractivity contribution in [1.29, 1.82) is 0 Å². The first kappa shape index (κ1) is 14.9. The smallest absolute Gasteiger partial charge is 0.264 e. The van der Waals surface area contributed by atoms with Crippen molar-refractivity contribution in [3.63, 3.8) is 0 Å². The van der Waals surface area contributed by atoms with E-state index in [1.54, 1.807) is 25.1 Å². The van der Waals surface area contributed by atoms with Crippen molar-refractivity contribution in [1.82, 2.24) is 0 Å². The van der Waals surface area contributed by atoms with E-state index in [1.807, 2.05) is 0 Å². The number of hydrogen-bond donors (Lipinski definition) is 1. The van der Waals surface area contributed by atoms with Gasteiger partial charge in [0.2, 0.25) is 0 Å². The summed E-state index contributed by atoms with van der Waals surface area (Å²) in [5.41, 5.74) is 1.00. The predicted molar refractivity (Wildman–Crippen MR) is 76.0 cm³/mol. The molecule has 0 unspecified atom stereocenters. The summed E-state index contributed by atoms with van der Waals surface area (Å²) in [6.45, 7) is 1.71. The van der Waals surface area contributed by atoms with Crippen LogP contribution in [0.2, 0.25) is 0 Å². The van der Waals surface area contributed by atoms with E-state index >= 15 is 0 Å². The van der Waals surface area contributed by atoms with Crippen LogP contribution in [0.4, 0.5) is 14.5 Å². The SMILES string of the molecule is Cc1cc(Br)ccc1NS(=O)(=O)c1ccc(F)cc1F. The molecule has 0 heterocycles. The van der Waals surface area contributed by atoms with Crippen LogP contribution in [0.5, 0.6) is 0 Å². The Morgan fingerprint density at radius 2 is 1.80 bits per heavy atom. The zero-order valence-electron chi connectivity index (χ0n) is 10.3. The van der Waals surface area contributed by atoms with E-state index < -0.39 is 26.6 Å². The summed E-state index contributed by atoms with van der Waals surface area (Å²) in [4.78, 5) is -0.596. The summed E-state index contributed by atoms with van der Waals surface area (Å²) < 4.78 is 53.6. The van der Waals surface area contributed by atoms with E-state index in [9.17, 15) is 17.2 Å². The summed E-state index contributed by atoms with van der Waals surface area (Å²) in [6, 6.07) is 7.25. The van der Waals surface area contributed by atoms with Gasteiger partial charge >= 0.3 is 0 Å². The second kappa shape index (κ2) is 5.49. The molecule has 20 heavy (non-hydrogen) atoms. The number of hydrogen-bond acceptors (Lipinski definition) is 2. The molecule has 0 aliphatic rings. The molecule has 0 aliphatic heterocycles. The first-order chi connectivity index (χ1) is 9.29. The number of halogens is 3. The van der Waals surface area contributed by atoms with Crippen molar-refractivity contribution < 1.29 is 17.2 Å². The molecule has 0 amide bonds. The van der Waals surface area contributed by atoms with Gasteiger partial charge in [0.25, 0.3) is 10.0 Å². The zero-order valence-corrected chi connectivity index (χ0v) is 12.7. The van der Waals surface area contributed by atoms with E-state index in [0.717, 1.165) is 16.6 Å². The highest BCUT2D eigenvalue weighted by Crippen LogP contribution is 2.24. The lowest BCUT2D eigenvalue weighted by Crippen LogP contribution is -2.15. The molecular weight excluding hydrogens is 352 g/mol. The molecule has 2 aromatic rings. The lowest BCUT2D eigenvalue weighted by molar-refractivity contribution is 0.551. The molecule has 0 fully saturated rings. The highest BCUT2D eigenvalue weighted by molar-refractivity contribution is 9.10. The van der Waals surface area contributed by atoms with Crippen LogP contribution >= 0.6 is 15.9 Å². The molecule has 0 atom stereocenters. The van der Waals surface area contributed by atoms with Crippen LogP contribution in [0.1, 0.15) is 5.56 Å². The van der Waals surface area contributed by atoms with Crippen molar-refractivity contribution in [3.8, 4) is 0 Å². The Kier molecular flexibility index (Phi) is 4.10. The average molecular weight is 362 g/mol. The average Bonchev–Trinajstić information content (AvgIpc) is 2.32. The van der Waals surface area contributed by atoms with Crippen LogP contribution in [0.15, 0.2) is 45.8 Å². The van der Waals surface area contributed by atoms with E-state index in [-0.39, 0.29) is 0 Å². The first-order valence-corrected chi connectivity index (χ1v) is 7.81. The summed E-state index contributed by atoms with van der Waals surface area (Å²) >= 11 is 3.26. The molecule has 7 heteroatoms. The van der Waals surface area contributed by atoms with Gasteiger partial charge in [-0.15, -0.1) is 0 Å². The molecular formula is C13H10BrF2NO2S. The Bertz CT molecular complexity index is 763. The van der Waals surface area contributed by atoms with Crippen LogP contribution in [-0.2, 0) is 10.0 Å². The van der Waals surface area contributed by atoms with Gasteiger partial charge in [0.1, 0.15) is 16.5 Å². The van der Waals surface area contributed by atoms with Crippen molar-refractivity contribution in [3.05, 3.63) is 58.1 Å². The van der Waals surface area contributed by atoms with Gasteiger partial charge in [-0.1, -0.05) is 15.9 Å². The fraction of sp³-hybridized carbons (Fsp3) is 0.0769. The Morgan fingerprint density at radius 3 is 2.40 bits per heavy atom. The molecule has 0 aromatic heterocycles. The van der Waals surface area contributed by atoms with Crippen LogP contribution < -0.4 is 4.72 Å². The number of sulfonamides is 1. The van der Waals surface area contributed by atoms with Gasteiger partial charge in [-0.2, -0.15) is 0 Å². The van der Waals surface area contributed by atoms with Crippen LogP contribution in [0, 0.1) is 18.6 Å². The molecule has 2 rings (SSSR count). The van der Waals surface area contributed by atoms with Gasteiger partial charge < -0.3 is 0 Å². The van der Waals surface area contributed by atoms with Gasteiger partial charge in [0.05, 0.1) is 5.69 Å². The lowest BCUT2D eigenvalue weighted by Gasteiger charge is -2.11. The Hall–Kier alpha value is -1.47. The third-order valence-electron chi connectivity index (χ3n) is 2.62.